The maximum absolute atomic E-state index is 13.1. The second-order valence-corrected chi connectivity index (χ2v) is 5.81. The molecule has 0 saturated carbocycles. The van der Waals surface area contributed by atoms with Crippen molar-refractivity contribution in [2.75, 3.05) is 13.1 Å². The lowest BCUT2D eigenvalue weighted by atomic mass is 10.1. The van der Waals surface area contributed by atoms with Crippen LogP contribution in [0.2, 0.25) is 0 Å². The highest BCUT2D eigenvalue weighted by molar-refractivity contribution is 5.94. The molecule has 0 bridgehead atoms. The van der Waals surface area contributed by atoms with Gasteiger partial charge < -0.3 is 4.90 Å². The first kappa shape index (κ1) is 16.2. The summed E-state index contributed by atoms with van der Waals surface area (Å²) in [7, 11) is 0. The highest BCUT2D eigenvalue weighted by Crippen LogP contribution is 2.14. The molecule has 0 spiro atoms. The minimum Gasteiger partial charge on any atom is -0.339 e. The number of benzene rings is 2. The van der Waals surface area contributed by atoms with E-state index in [1.165, 1.54) is 12.5 Å². The zero-order valence-corrected chi connectivity index (χ0v) is 13.2. The van der Waals surface area contributed by atoms with Crippen LogP contribution < -0.4 is 0 Å². The van der Waals surface area contributed by atoms with Gasteiger partial charge in [-0.2, -0.15) is 0 Å². The second-order valence-electron chi connectivity index (χ2n) is 5.81. The normalized spacial score (nSPS) is 14.0. The van der Waals surface area contributed by atoms with Crippen LogP contribution in [0, 0.1) is 23.5 Å². The summed E-state index contributed by atoms with van der Waals surface area (Å²) >= 11 is 0. The molecule has 2 nitrogen and oxygen atoms in total. The lowest BCUT2D eigenvalue weighted by Gasteiger charge is -2.26. The first-order valence-electron chi connectivity index (χ1n) is 8.00. The molecule has 1 saturated heterocycles. The number of likely N-dealkylation sites (tertiary alicyclic amines) is 1. The van der Waals surface area contributed by atoms with Crippen LogP contribution in [0.25, 0.3) is 0 Å². The SMILES string of the molecule is O=C(c1ccc(C#Cc2ccc(F)c(F)c2)cc1)N1CCCCC1. The second kappa shape index (κ2) is 7.27. The fourth-order valence-corrected chi connectivity index (χ4v) is 2.69. The summed E-state index contributed by atoms with van der Waals surface area (Å²) in [4.78, 5) is 14.3. The molecule has 3 rings (SSSR count). The number of hydrogen-bond donors (Lipinski definition) is 0. The predicted molar refractivity (Wildman–Crippen MR) is 88.5 cm³/mol. The summed E-state index contributed by atoms with van der Waals surface area (Å²) in [5.74, 6) is 3.93. The Kier molecular flexibility index (Phi) is 4.90. The smallest absolute Gasteiger partial charge is 0.253 e. The maximum Gasteiger partial charge on any atom is 0.253 e. The lowest BCUT2D eigenvalue weighted by molar-refractivity contribution is 0.0724. The quantitative estimate of drug-likeness (QED) is 0.726. The Bertz CT molecular complexity index is 797. The van der Waals surface area contributed by atoms with Crippen molar-refractivity contribution in [3.8, 4) is 11.8 Å². The minimum absolute atomic E-state index is 0.0508. The number of nitrogens with zero attached hydrogens (tertiary/aromatic N) is 1. The fourth-order valence-electron chi connectivity index (χ4n) is 2.69. The van der Waals surface area contributed by atoms with E-state index >= 15 is 0 Å². The fraction of sp³-hybridized carbons (Fsp3) is 0.250. The standard InChI is InChI=1S/C20H17F2NO/c21-18-11-8-16(14-19(18)22)5-4-15-6-9-17(10-7-15)20(24)23-12-2-1-3-13-23/h6-11,14H,1-3,12-13H2. The van der Waals surface area contributed by atoms with Crippen molar-refractivity contribution in [1.82, 2.24) is 4.90 Å². The van der Waals surface area contributed by atoms with Gasteiger partial charge in [-0.1, -0.05) is 11.8 Å². The average Bonchev–Trinajstić information content (AvgIpc) is 2.63. The van der Waals surface area contributed by atoms with Gasteiger partial charge in [0.05, 0.1) is 0 Å². The van der Waals surface area contributed by atoms with Crippen molar-refractivity contribution in [3.63, 3.8) is 0 Å². The molecule has 2 aromatic carbocycles. The van der Waals surface area contributed by atoms with E-state index in [4.69, 9.17) is 0 Å². The number of carbonyl (C=O) groups is 1. The van der Waals surface area contributed by atoms with Crippen LogP contribution in [0.3, 0.4) is 0 Å². The molecule has 0 aliphatic carbocycles. The molecule has 1 aliphatic heterocycles. The van der Waals surface area contributed by atoms with E-state index in [2.05, 4.69) is 11.8 Å². The highest BCUT2D eigenvalue weighted by Gasteiger charge is 2.17. The molecule has 1 fully saturated rings. The molecule has 0 atom stereocenters. The van der Waals surface area contributed by atoms with E-state index in [9.17, 15) is 13.6 Å². The Morgan fingerprint density at radius 2 is 1.46 bits per heavy atom. The summed E-state index contributed by atoms with van der Waals surface area (Å²) in [6, 6.07) is 10.6. The number of hydrogen-bond acceptors (Lipinski definition) is 1. The first-order chi connectivity index (χ1) is 11.6. The van der Waals surface area contributed by atoms with Crippen LogP contribution in [-0.2, 0) is 0 Å². The van der Waals surface area contributed by atoms with E-state index in [1.807, 2.05) is 4.90 Å². The van der Waals surface area contributed by atoms with Crippen LogP contribution in [-0.4, -0.2) is 23.9 Å². The van der Waals surface area contributed by atoms with E-state index in [0.29, 0.717) is 11.1 Å². The number of halogens is 2. The molecule has 2 aromatic rings. The number of piperidine rings is 1. The largest absolute Gasteiger partial charge is 0.339 e. The van der Waals surface area contributed by atoms with E-state index in [0.717, 1.165) is 43.6 Å². The van der Waals surface area contributed by atoms with E-state index in [1.54, 1.807) is 24.3 Å². The lowest BCUT2D eigenvalue weighted by Crippen LogP contribution is -2.35. The molecular weight excluding hydrogens is 308 g/mol. The van der Waals surface area contributed by atoms with Crippen molar-refractivity contribution in [1.29, 1.82) is 0 Å². The van der Waals surface area contributed by atoms with Gasteiger partial charge in [-0.3, -0.25) is 4.79 Å². The van der Waals surface area contributed by atoms with Crippen molar-refractivity contribution in [2.45, 2.75) is 19.3 Å². The van der Waals surface area contributed by atoms with Gasteiger partial charge in [0.2, 0.25) is 0 Å². The van der Waals surface area contributed by atoms with Crippen LogP contribution >= 0.6 is 0 Å². The first-order valence-corrected chi connectivity index (χ1v) is 8.00. The van der Waals surface area contributed by atoms with Gasteiger partial charge in [0.25, 0.3) is 5.91 Å². The molecule has 4 heteroatoms. The molecule has 0 unspecified atom stereocenters. The van der Waals surface area contributed by atoms with Crippen molar-refractivity contribution in [3.05, 3.63) is 70.8 Å². The molecule has 0 aromatic heterocycles. The van der Waals surface area contributed by atoms with Crippen LogP contribution in [0.1, 0.15) is 40.7 Å². The summed E-state index contributed by atoms with van der Waals surface area (Å²) in [5, 5.41) is 0. The Morgan fingerprint density at radius 1 is 0.833 bits per heavy atom. The summed E-state index contributed by atoms with van der Waals surface area (Å²) in [6.45, 7) is 1.63. The van der Waals surface area contributed by atoms with Gasteiger partial charge in [0.15, 0.2) is 11.6 Å². The van der Waals surface area contributed by atoms with Crippen LogP contribution in [0.4, 0.5) is 8.78 Å². The van der Waals surface area contributed by atoms with Crippen LogP contribution in [0.15, 0.2) is 42.5 Å². The van der Waals surface area contributed by atoms with E-state index in [-0.39, 0.29) is 5.91 Å². The summed E-state index contributed by atoms with van der Waals surface area (Å²) < 4.78 is 26.0. The van der Waals surface area contributed by atoms with Gasteiger partial charge in [-0.15, -0.1) is 0 Å². The third kappa shape index (κ3) is 3.80. The van der Waals surface area contributed by atoms with E-state index < -0.39 is 11.6 Å². The zero-order chi connectivity index (χ0) is 16.9. The topological polar surface area (TPSA) is 20.3 Å². The van der Waals surface area contributed by atoms with Crippen molar-refractivity contribution in [2.24, 2.45) is 0 Å². The third-order valence-electron chi connectivity index (χ3n) is 4.05. The average molecular weight is 325 g/mol. The van der Waals surface area contributed by atoms with Crippen molar-refractivity contribution < 1.29 is 13.6 Å². The van der Waals surface area contributed by atoms with Crippen molar-refractivity contribution >= 4 is 5.91 Å². The zero-order valence-electron chi connectivity index (χ0n) is 13.2. The maximum atomic E-state index is 13.1. The highest BCUT2D eigenvalue weighted by atomic mass is 19.2. The van der Waals surface area contributed by atoms with Gasteiger partial charge in [-0.25, -0.2) is 8.78 Å². The molecule has 0 radical (unpaired) electrons. The van der Waals surface area contributed by atoms with Crippen LogP contribution in [0.5, 0.6) is 0 Å². The monoisotopic (exact) mass is 325 g/mol. The summed E-state index contributed by atoms with van der Waals surface area (Å²) in [5.41, 5.74) is 1.77. The minimum atomic E-state index is -0.913. The molecule has 122 valence electrons. The molecule has 24 heavy (non-hydrogen) atoms. The van der Waals surface area contributed by atoms with Gasteiger partial charge in [0, 0.05) is 29.8 Å². The predicted octanol–water partition coefficient (Wildman–Crippen LogP) is 3.99. The summed E-state index contributed by atoms with van der Waals surface area (Å²) in [6.07, 6.45) is 3.30. The number of carbonyl (C=O) groups excluding carboxylic acids is 1. The molecule has 1 amide bonds. The molecule has 1 aliphatic rings. The van der Waals surface area contributed by atoms with Gasteiger partial charge in [0.1, 0.15) is 0 Å². The molecule has 1 heterocycles. The Labute approximate surface area is 140 Å². The Hall–Kier alpha value is -2.67. The third-order valence-corrected chi connectivity index (χ3v) is 4.05. The van der Waals surface area contributed by atoms with Gasteiger partial charge >= 0.3 is 0 Å². The number of rotatable bonds is 1. The van der Waals surface area contributed by atoms with Gasteiger partial charge in [-0.05, 0) is 61.7 Å². The Morgan fingerprint density at radius 3 is 2.12 bits per heavy atom. The Balaban J connectivity index is 1.71. The molecule has 0 N–H and O–H groups in total. The number of amides is 1. The molecular formula is C20H17F2NO.